The Labute approximate surface area is 178 Å². The molecule has 0 spiro atoms. The summed E-state index contributed by atoms with van der Waals surface area (Å²) in [4.78, 5) is 18.0. The Morgan fingerprint density at radius 2 is 1.73 bits per heavy atom. The van der Waals surface area contributed by atoms with Crippen molar-refractivity contribution in [3.63, 3.8) is 0 Å². The van der Waals surface area contributed by atoms with E-state index in [0.717, 1.165) is 51.3 Å². The summed E-state index contributed by atoms with van der Waals surface area (Å²) in [6.07, 6.45) is 2.80. The zero-order chi connectivity index (χ0) is 20.5. The maximum atomic E-state index is 13.4. The Morgan fingerprint density at radius 3 is 2.53 bits per heavy atom. The van der Waals surface area contributed by atoms with Gasteiger partial charge in [0.1, 0.15) is 6.17 Å². The quantitative estimate of drug-likeness (QED) is 0.757. The van der Waals surface area contributed by atoms with Crippen molar-refractivity contribution < 1.29 is 4.39 Å². The van der Waals surface area contributed by atoms with Gasteiger partial charge in [0.2, 0.25) is 0 Å². The predicted octanol–water partition coefficient (Wildman–Crippen LogP) is 3.44. The average molecular weight is 410 g/mol. The highest BCUT2D eigenvalue weighted by atomic mass is 19.1. The van der Waals surface area contributed by atoms with Gasteiger partial charge < -0.3 is 9.47 Å². The van der Waals surface area contributed by atoms with Crippen LogP contribution in [0, 0.1) is 5.92 Å². The third-order valence-electron chi connectivity index (χ3n) is 7.23. The van der Waals surface area contributed by atoms with E-state index in [0.29, 0.717) is 31.2 Å². The minimum Gasteiger partial charge on any atom is -0.312 e. The number of hydrogen-bond acceptors (Lipinski definition) is 3. The van der Waals surface area contributed by atoms with E-state index < -0.39 is 6.17 Å². The van der Waals surface area contributed by atoms with Crippen molar-refractivity contribution in [2.24, 2.45) is 5.92 Å². The maximum Gasteiger partial charge on any atom is 0.255 e. The summed E-state index contributed by atoms with van der Waals surface area (Å²) in [5, 5.41) is 0. The van der Waals surface area contributed by atoms with Crippen molar-refractivity contribution in [2.75, 3.05) is 32.7 Å². The second-order valence-corrected chi connectivity index (χ2v) is 9.44. The largest absolute Gasteiger partial charge is 0.312 e. The molecule has 1 aromatic carbocycles. The molecule has 5 rings (SSSR count). The highest BCUT2D eigenvalue weighted by Crippen LogP contribution is 2.35. The van der Waals surface area contributed by atoms with Gasteiger partial charge >= 0.3 is 0 Å². The lowest BCUT2D eigenvalue weighted by Gasteiger charge is -2.43. The molecule has 4 heterocycles. The molecule has 30 heavy (non-hydrogen) atoms. The minimum absolute atomic E-state index is 0.183. The van der Waals surface area contributed by atoms with Crippen LogP contribution in [0.15, 0.2) is 47.3 Å². The molecule has 4 nitrogen and oxygen atoms in total. The van der Waals surface area contributed by atoms with Gasteiger partial charge in [-0.1, -0.05) is 36.4 Å². The molecule has 2 atom stereocenters. The van der Waals surface area contributed by atoms with E-state index in [1.807, 2.05) is 6.07 Å². The lowest BCUT2D eigenvalue weighted by atomic mass is 9.83. The van der Waals surface area contributed by atoms with Gasteiger partial charge in [-0.05, 0) is 43.2 Å². The molecule has 3 aliphatic heterocycles. The Morgan fingerprint density at radius 1 is 0.933 bits per heavy atom. The summed E-state index contributed by atoms with van der Waals surface area (Å²) < 4.78 is 15.5. The fourth-order valence-corrected chi connectivity index (χ4v) is 5.63. The monoisotopic (exact) mass is 409 g/mol. The number of hydrogen-bond donors (Lipinski definition) is 0. The zero-order valence-corrected chi connectivity index (χ0v) is 17.7. The molecule has 0 N–H and O–H groups in total. The first-order valence-electron chi connectivity index (χ1n) is 11.5. The van der Waals surface area contributed by atoms with Gasteiger partial charge in [0, 0.05) is 63.0 Å². The molecule has 0 amide bonds. The first-order valence-corrected chi connectivity index (χ1v) is 11.5. The third-order valence-corrected chi connectivity index (χ3v) is 7.23. The number of piperidine rings is 2. The summed E-state index contributed by atoms with van der Waals surface area (Å²) in [5.74, 6) is 1.01. The summed E-state index contributed by atoms with van der Waals surface area (Å²) in [5.41, 5.74) is 3.66. The van der Waals surface area contributed by atoms with Crippen LogP contribution < -0.4 is 5.56 Å². The Hall–Kier alpha value is -1.98. The van der Waals surface area contributed by atoms with Gasteiger partial charge in [-0.3, -0.25) is 9.69 Å². The van der Waals surface area contributed by atoms with Crippen LogP contribution in [0.25, 0.3) is 0 Å². The van der Waals surface area contributed by atoms with Gasteiger partial charge in [-0.15, -0.1) is 0 Å². The Kier molecular flexibility index (Phi) is 5.74. The van der Waals surface area contributed by atoms with Crippen molar-refractivity contribution in [1.82, 2.24) is 14.4 Å². The molecule has 2 saturated heterocycles. The fraction of sp³-hybridized carbons (Fsp3) is 0.560. The van der Waals surface area contributed by atoms with Crippen molar-refractivity contribution in [2.45, 2.75) is 50.9 Å². The highest BCUT2D eigenvalue weighted by Gasteiger charge is 2.34. The number of benzene rings is 1. The number of alkyl halides is 1. The highest BCUT2D eigenvalue weighted by molar-refractivity contribution is 5.23. The molecule has 0 unspecified atom stereocenters. The third kappa shape index (κ3) is 4.23. The van der Waals surface area contributed by atoms with Crippen molar-refractivity contribution in [3.8, 4) is 0 Å². The molecule has 5 heteroatoms. The molecule has 0 radical (unpaired) electrons. The molecule has 2 aromatic rings. The summed E-state index contributed by atoms with van der Waals surface area (Å²) >= 11 is 0. The van der Waals surface area contributed by atoms with E-state index in [-0.39, 0.29) is 5.56 Å². The van der Waals surface area contributed by atoms with E-state index >= 15 is 0 Å². The number of halogens is 1. The number of aromatic nitrogens is 1. The van der Waals surface area contributed by atoms with Gasteiger partial charge in [0.15, 0.2) is 0 Å². The van der Waals surface area contributed by atoms with Crippen molar-refractivity contribution >= 4 is 0 Å². The second kappa shape index (κ2) is 8.64. The van der Waals surface area contributed by atoms with Crippen LogP contribution in [0.1, 0.15) is 42.0 Å². The van der Waals surface area contributed by atoms with Crippen LogP contribution in [-0.2, 0) is 19.5 Å². The van der Waals surface area contributed by atoms with Gasteiger partial charge in [-0.2, -0.15) is 0 Å². The molecular weight excluding hydrogens is 377 g/mol. The molecular formula is C25H32FN3O. The average Bonchev–Trinajstić information content (AvgIpc) is 2.77. The van der Waals surface area contributed by atoms with Crippen LogP contribution in [-0.4, -0.2) is 53.3 Å². The normalized spacial score (nSPS) is 25.2. The second-order valence-electron chi connectivity index (χ2n) is 9.44. The van der Waals surface area contributed by atoms with Crippen LogP contribution in [0.2, 0.25) is 0 Å². The molecule has 1 aromatic heterocycles. The topological polar surface area (TPSA) is 28.5 Å². The molecule has 2 fully saturated rings. The predicted molar refractivity (Wildman–Crippen MR) is 118 cm³/mol. The Bertz CT molecular complexity index is 920. The van der Waals surface area contributed by atoms with Crippen LogP contribution >= 0.6 is 0 Å². The molecule has 0 aliphatic carbocycles. The standard InChI is InChI=1S/C25H32FN3O/c26-23-9-12-27(13-10-23)17-21-6-7-24-22-14-20(16-29(24)25(21)30)15-28(18-22)11-8-19-4-2-1-3-5-19/h1-7,20,22-23H,8-18H2/t20-,22+/m0/s1. The number of likely N-dealkylation sites (tertiary alicyclic amines) is 2. The molecule has 2 bridgehead atoms. The van der Waals surface area contributed by atoms with Crippen molar-refractivity contribution in [3.05, 3.63) is 69.6 Å². The van der Waals surface area contributed by atoms with Gasteiger partial charge in [0.25, 0.3) is 5.56 Å². The van der Waals surface area contributed by atoms with E-state index in [4.69, 9.17) is 0 Å². The molecule has 160 valence electrons. The van der Waals surface area contributed by atoms with E-state index in [1.165, 1.54) is 17.7 Å². The molecule has 3 aliphatic rings. The number of pyridine rings is 1. The van der Waals surface area contributed by atoms with E-state index in [9.17, 15) is 9.18 Å². The zero-order valence-electron chi connectivity index (χ0n) is 17.7. The van der Waals surface area contributed by atoms with Gasteiger partial charge in [-0.25, -0.2) is 4.39 Å². The number of rotatable bonds is 5. The number of nitrogens with zero attached hydrogens (tertiary/aromatic N) is 3. The minimum atomic E-state index is -0.671. The van der Waals surface area contributed by atoms with E-state index in [1.54, 1.807) is 0 Å². The first kappa shape index (κ1) is 20.0. The fourth-order valence-electron chi connectivity index (χ4n) is 5.63. The summed E-state index contributed by atoms with van der Waals surface area (Å²) in [6, 6.07) is 14.9. The van der Waals surface area contributed by atoms with Crippen molar-refractivity contribution in [1.29, 1.82) is 0 Å². The van der Waals surface area contributed by atoms with Crippen LogP contribution in [0.5, 0.6) is 0 Å². The Balaban J connectivity index is 1.27. The maximum absolute atomic E-state index is 13.4. The van der Waals surface area contributed by atoms with Crippen LogP contribution in [0.3, 0.4) is 0 Å². The van der Waals surface area contributed by atoms with E-state index in [2.05, 4.69) is 50.8 Å². The first-order chi connectivity index (χ1) is 14.7. The summed E-state index contributed by atoms with van der Waals surface area (Å²) in [7, 11) is 0. The molecule has 0 saturated carbocycles. The van der Waals surface area contributed by atoms with Crippen LogP contribution in [0.4, 0.5) is 4.39 Å². The lowest BCUT2D eigenvalue weighted by Crippen LogP contribution is -2.48. The smallest absolute Gasteiger partial charge is 0.255 e. The lowest BCUT2D eigenvalue weighted by molar-refractivity contribution is 0.120. The number of fused-ring (bicyclic) bond motifs is 4. The van der Waals surface area contributed by atoms with Gasteiger partial charge in [0.05, 0.1) is 0 Å². The summed E-state index contributed by atoms with van der Waals surface area (Å²) in [6.45, 7) is 6.23. The SMILES string of the molecule is O=c1c(CN2CCC(F)CC2)ccc2n1C[C@H]1C[C@@H]2CN(CCc2ccccc2)C1.